The molecule has 2 aromatic heterocycles. The topological polar surface area (TPSA) is 120 Å². The molecule has 2 amide bonds. The quantitative estimate of drug-likeness (QED) is 0.293. The van der Waals surface area contributed by atoms with Crippen molar-refractivity contribution in [2.24, 2.45) is 0 Å². The van der Waals surface area contributed by atoms with Crippen molar-refractivity contribution in [2.75, 3.05) is 18.4 Å². The van der Waals surface area contributed by atoms with Gasteiger partial charge in [-0.3, -0.25) is 10.4 Å². The van der Waals surface area contributed by atoms with E-state index in [1.54, 1.807) is 17.0 Å². The van der Waals surface area contributed by atoms with Gasteiger partial charge < -0.3 is 14.7 Å². The third-order valence-corrected chi connectivity index (χ3v) is 5.69. The molecule has 41 heavy (non-hydrogen) atoms. The van der Waals surface area contributed by atoms with Crippen LogP contribution in [-0.4, -0.2) is 56.5 Å². The van der Waals surface area contributed by atoms with Gasteiger partial charge in [0, 0.05) is 31.4 Å². The first kappa shape index (κ1) is 31.0. The largest absolute Gasteiger partial charge is 0.490 e. The highest BCUT2D eigenvalue weighted by atomic mass is 19.4. The highest BCUT2D eigenvalue weighted by molar-refractivity contribution is 5.88. The number of likely N-dealkylation sites (tertiary alicyclic amines) is 1. The zero-order chi connectivity index (χ0) is 30.2. The molecule has 1 aromatic carbocycles. The van der Waals surface area contributed by atoms with E-state index in [2.05, 4.69) is 20.5 Å². The molecule has 4 rings (SSSR count). The van der Waals surface area contributed by atoms with Gasteiger partial charge in [0.1, 0.15) is 11.6 Å². The number of halogens is 6. The summed E-state index contributed by atoms with van der Waals surface area (Å²) in [6, 6.07) is 11.0. The van der Waals surface area contributed by atoms with Crippen LogP contribution in [-0.2, 0) is 17.4 Å². The lowest BCUT2D eigenvalue weighted by Gasteiger charge is -2.28. The number of carbonyl (C=O) groups excluding carboxylic acids is 1. The van der Waals surface area contributed by atoms with E-state index in [4.69, 9.17) is 14.6 Å². The van der Waals surface area contributed by atoms with Crippen molar-refractivity contribution in [1.82, 2.24) is 20.1 Å². The fourth-order valence-corrected chi connectivity index (χ4v) is 3.58. The summed E-state index contributed by atoms with van der Waals surface area (Å²) >= 11 is 0. The van der Waals surface area contributed by atoms with E-state index < -0.39 is 23.9 Å². The highest BCUT2D eigenvalue weighted by Crippen LogP contribution is 2.30. The second-order valence-electron chi connectivity index (χ2n) is 8.71. The molecule has 3 aromatic rings. The number of hydrogen-bond donors (Lipinski definition) is 3. The number of amides is 2. The number of piperidine rings is 1. The maximum atomic E-state index is 12.7. The second-order valence-corrected chi connectivity index (χ2v) is 8.71. The van der Waals surface area contributed by atoms with Crippen LogP contribution < -0.4 is 10.1 Å². The number of anilines is 1. The van der Waals surface area contributed by atoms with Crippen molar-refractivity contribution < 1.29 is 45.8 Å². The lowest BCUT2D eigenvalue weighted by molar-refractivity contribution is -0.192. The number of carboxylic acid groups (broad SMARTS) is 1. The smallest absolute Gasteiger partial charge is 0.475 e. The van der Waals surface area contributed by atoms with Crippen LogP contribution in [0.25, 0.3) is 6.08 Å². The van der Waals surface area contributed by atoms with Crippen LogP contribution in [0, 0.1) is 0 Å². The van der Waals surface area contributed by atoms with Crippen LogP contribution in [0.15, 0.2) is 54.2 Å². The number of alkyl halides is 6. The van der Waals surface area contributed by atoms with Crippen LogP contribution >= 0.6 is 0 Å². The van der Waals surface area contributed by atoms with Crippen LogP contribution in [0.1, 0.15) is 36.6 Å². The number of pyridine rings is 1. The number of rotatable bonds is 5. The Morgan fingerprint density at radius 2 is 1.78 bits per heavy atom. The van der Waals surface area contributed by atoms with Crippen molar-refractivity contribution in [3.8, 4) is 11.6 Å². The summed E-state index contributed by atoms with van der Waals surface area (Å²) in [5.41, 5.74) is 2.17. The first-order valence-corrected chi connectivity index (χ1v) is 12.2. The van der Waals surface area contributed by atoms with Crippen molar-refractivity contribution >= 4 is 23.9 Å². The van der Waals surface area contributed by atoms with Crippen molar-refractivity contribution in [3.05, 3.63) is 71.1 Å². The number of nitrogens with one attached hydrogen (secondary N) is 2. The zero-order valence-corrected chi connectivity index (χ0v) is 21.5. The molecule has 0 atom stereocenters. The zero-order valence-electron chi connectivity index (χ0n) is 21.5. The lowest BCUT2D eigenvalue weighted by atomic mass is 10.0. The molecule has 0 spiro atoms. The third kappa shape index (κ3) is 9.54. The molecular formula is C26H25F6N5O4. The standard InChI is InChI=1S/C24H24F3N5O2.C2HF3O2/c1-2-19-14-21(31-30-19)29-23(33)32-10-8-16(9-11-32)12-17-4-3-5-20(13-17)34-22-7-6-18(15-28-22)24(25,26)27;3-2(4,5)1(6)7/h3-7,12-15H,2,8-11H2,1H3,(H2,29,30,31,33);(H,6,7). The number of H-pyrrole nitrogens is 1. The van der Waals surface area contributed by atoms with Gasteiger partial charge in [-0.05, 0) is 43.0 Å². The Bertz CT molecular complexity index is 1360. The van der Waals surface area contributed by atoms with Gasteiger partial charge in [-0.2, -0.15) is 31.4 Å². The number of carboxylic acids is 1. The van der Waals surface area contributed by atoms with Crippen molar-refractivity contribution in [2.45, 2.75) is 38.5 Å². The van der Waals surface area contributed by atoms with Crippen molar-refractivity contribution in [3.63, 3.8) is 0 Å². The molecule has 0 unspecified atom stereocenters. The maximum absolute atomic E-state index is 12.7. The van der Waals surface area contributed by atoms with E-state index in [9.17, 15) is 31.1 Å². The summed E-state index contributed by atoms with van der Waals surface area (Å²) in [6.07, 6.45) is -4.46. The summed E-state index contributed by atoms with van der Waals surface area (Å²) in [5, 5.41) is 16.9. The average Bonchev–Trinajstić information content (AvgIpc) is 3.36. The Hall–Kier alpha value is -4.56. The predicted octanol–water partition coefficient (Wildman–Crippen LogP) is 6.52. The molecule has 1 saturated heterocycles. The number of benzene rings is 1. The molecule has 1 aliphatic heterocycles. The number of aliphatic carboxylic acids is 1. The Morgan fingerprint density at radius 1 is 1.10 bits per heavy atom. The molecule has 1 fully saturated rings. The summed E-state index contributed by atoms with van der Waals surface area (Å²) < 4.78 is 75.4. The predicted molar refractivity (Wildman–Crippen MR) is 135 cm³/mol. The molecule has 3 heterocycles. The molecule has 3 N–H and O–H groups in total. The van der Waals surface area contributed by atoms with Gasteiger partial charge in [0.15, 0.2) is 0 Å². The number of nitrogens with zero attached hydrogens (tertiary/aromatic N) is 3. The number of aromatic amines is 1. The van der Waals surface area contributed by atoms with Crippen LogP contribution in [0.5, 0.6) is 11.6 Å². The summed E-state index contributed by atoms with van der Waals surface area (Å²) in [6.45, 7) is 3.18. The number of urea groups is 1. The van der Waals surface area contributed by atoms with Gasteiger partial charge in [0.25, 0.3) is 0 Å². The van der Waals surface area contributed by atoms with Crippen LogP contribution in [0.4, 0.5) is 37.0 Å². The monoisotopic (exact) mass is 585 g/mol. The first-order valence-electron chi connectivity index (χ1n) is 12.2. The fourth-order valence-electron chi connectivity index (χ4n) is 3.58. The van der Waals surface area contributed by atoms with E-state index in [-0.39, 0.29) is 11.9 Å². The van der Waals surface area contributed by atoms with Gasteiger partial charge >= 0.3 is 24.4 Å². The minimum atomic E-state index is -5.08. The van der Waals surface area contributed by atoms with Gasteiger partial charge in [-0.15, -0.1) is 0 Å². The van der Waals surface area contributed by atoms with E-state index in [0.29, 0.717) is 24.7 Å². The van der Waals surface area contributed by atoms with Crippen LogP contribution in [0.2, 0.25) is 0 Å². The Balaban J connectivity index is 0.000000587. The van der Waals surface area contributed by atoms with Crippen LogP contribution in [0.3, 0.4) is 0 Å². The summed E-state index contributed by atoms with van der Waals surface area (Å²) in [5.74, 6) is -1.61. The molecule has 1 aliphatic rings. The third-order valence-electron chi connectivity index (χ3n) is 5.69. The van der Waals surface area contributed by atoms with Gasteiger partial charge in [0.2, 0.25) is 5.88 Å². The number of hydrogen-bond acceptors (Lipinski definition) is 5. The van der Waals surface area contributed by atoms with Gasteiger partial charge in [-0.1, -0.05) is 30.7 Å². The molecule has 9 nitrogen and oxygen atoms in total. The molecule has 15 heteroatoms. The molecule has 0 aliphatic carbocycles. The van der Waals surface area contributed by atoms with Gasteiger partial charge in [-0.25, -0.2) is 14.6 Å². The maximum Gasteiger partial charge on any atom is 0.490 e. The summed E-state index contributed by atoms with van der Waals surface area (Å²) in [7, 11) is 0. The normalized spacial score (nSPS) is 13.6. The number of carbonyl (C=O) groups is 2. The minimum absolute atomic E-state index is 0.0837. The lowest BCUT2D eigenvalue weighted by Crippen LogP contribution is -2.39. The number of aromatic nitrogens is 3. The van der Waals surface area contributed by atoms with E-state index in [1.165, 1.54) is 11.6 Å². The first-order chi connectivity index (χ1) is 19.2. The molecule has 0 radical (unpaired) electrons. The van der Waals surface area contributed by atoms with E-state index in [1.807, 2.05) is 31.2 Å². The Morgan fingerprint density at radius 3 is 2.32 bits per heavy atom. The Labute approximate surface area is 229 Å². The molecular weight excluding hydrogens is 560 g/mol. The van der Waals surface area contributed by atoms with E-state index >= 15 is 0 Å². The van der Waals surface area contributed by atoms with Crippen molar-refractivity contribution in [1.29, 1.82) is 0 Å². The SMILES string of the molecule is CCc1cc(NC(=O)N2CCC(=Cc3cccc(Oc4ccc(C(F)(F)F)cn4)c3)CC2)[nH]n1.O=C(O)C(F)(F)F. The fraction of sp³-hybridized carbons (Fsp3) is 0.308. The number of ether oxygens (including phenoxy) is 1. The highest BCUT2D eigenvalue weighted by Gasteiger charge is 2.38. The average molecular weight is 586 g/mol. The summed E-state index contributed by atoms with van der Waals surface area (Å²) in [4.78, 5) is 26.9. The minimum Gasteiger partial charge on any atom is -0.475 e. The molecule has 0 bridgehead atoms. The van der Waals surface area contributed by atoms with E-state index in [0.717, 1.165) is 42.8 Å². The van der Waals surface area contributed by atoms with Gasteiger partial charge in [0.05, 0.1) is 11.3 Å². The Kier molecular flexibility index (Phi) is 9.97. The second kappa shape index (κ2) is 13.2. The number of aryl methyl sites for hydroxylation is 1. The molecule has 220 valence electrons. The molecule has 0 saturated carbocycles.